The molecular formula is C20H17ClN2O2. The Balaban J connectivity index is 2.64. The number of pyridine rings is 1. The summed E-state index contributed by atoms with van der Waals surface area (Å²) in [5.41, 5.74) is 3.97. The summed E-state index contributed by atoms with van der Waals surface area (Å²) in [6.45, 7) is 6.38. The number of carbonyl (C=O) groups excluding carboxylic acids is 1. The van der Waals surface area contributed by atoms with E-state index in [1.807, 2.05) is 51.1 Å². The maximum Gasteiger partial charge on any atom is 0.278 e. The summed E-state index contributed by atoms with van der Waals surface area (Å²) in [7, 11) is 0. The fraction of sp³-hybridized carbons (Fsp3) is 0.200. The highest BCUT2D eigenvalue weighted by Crippen LogP contribution is 2.39. The number of isocyanates is 1. The summed E-state index contributed by atoms with van der Waals surface area (Å²) < 4.78 is 1.62. The molecule has 1 heterocycles. The number of fused-ring (bicyclic) bond motifs is 1. The molecule has 0 saturated carbocycles. The van der Waals surface area contributed by atoms with E-state index in [9.17, 15) is 9.59 Å². The fourth-order valence-corrected chi connectivity index (χ4v) is 3.33. The van der Waals surface area contributed by atoms with Crippen LogP contribution in [0.2, 0.25) is 5.02 Å². The Kier molecular flexibility index (Phi) is 4.58. The van der Waals surface area contributed by atoms with Gasteiger partial charge in [-0.1, -0.05) is 29.8 Å². The SMILES string of the molecule is CCn1c(=O)c(N=C=O)c(-c2ccccc2Cl)c2cc(C)c(C)cc21. The lowest BCUT2D eigenvalue weighted by molar-refractivity contribution is 0.565. The molecule has 0 atom stereocenters. The zero-order valence-corrected chi connectivity index (χ0v) is 15.0. The molecule has 0 N–H and O–H groups in total. The molecule has 126 valence electrons. The van der Waals surface area contributed by atoms with Gasteiger partial charge in [0.1, 0.15) is 0 Å². The molecule has 3 rings (SSSR count). The zero-order valence-electron chi connectivity index (χ0n) is 14.3. The van der Waals surface area contributed by atoms with Gasteiger partial charge in [0.15, 0.2) is 5.69 Å². The number of nitrogens with zero attached hydrogens (tertiary/aromatic N) is 2. The maximum absolute atomic E-state index is 13.0. The Bertz CT molecular complexity index is 1090. The van der Waals surface area contributed by atoms with Crippen molar-refractivity contribution in [1.29, 1.82) is 0 Å². The molecule has 5 heteroatoms. The van der Waals surface area contributed by atoms with Gasteiger partial charge in [0, 0.05) is 28.1 Å². The van der Waals surface area contributed by atoms with Crippen LogP contribution in [0.25, 0.3) is 22.0 Å². The number of aromatic nitrogens is 1. The van der Waals surface area contributed by atoms with E-state index in [0.717, 1.165) is 22.0 Å². The summed E-state index contributed by atoms with van der Waals surface area (Å²) in [6, 6.07) is 11.2. The van der Waals surface area contributed by atoms with E-state index in [0.29, 0.717) is 22.7 Å². The third-order valence-electron chi connectivity index (χ3n) is 4.47. The summed E-state index contributed by atoms with van der Waals surface area (Å²) in [5, 5.41) is 1.34. The Morgan fingerprint density at radius 2 is 1.84 bits per heavy atom. The van der Waals surface area contributed by atoms with Crippen molar-refractivity contribution in [3.05, 3.63) is 62.9 Å². The van der Waals surface area contributed by atoms with Crippen molar-refractivity contribution >= 4 is 34.3 Å². The summed E-state index contributed by atoms with van der Waals surface area (Å²) >= 11 is 6.38. The third kappa shape index (κ3) is 2.80. The van der Waals surface area contributed by atoms with Crippen molar-refractivity contribution in [3.63, 3.8) is 0 Å². The van der Waals surface area contributed by atoms with Crippen LogP contribution in [0.5, 0.6) is 0 Å². The predicted molar refractivity (Wildman–Crippen MR) is 102 cm³/mol. The second-order valence-electron chi connectivity index (χ2n) is 5.91. The highest BCUT2D eigenvalue weighted by Gasteiger charge is 2.20. The van der Waals surface area contributed by atoms with Gasteiger partial charge in [-0.2, -0.15) is 4.99 Å². The second kappa shape index (κ2) is 6.67. The van der Waals surface area contributed by atoms with E-state index in [-0.39, 0.29) is 11.2 Å². The van der Waals surface area contributed by atoms with Crippen molar-refractivity contribution in [2.75, 3.05) is 0 Å². The van der Waals surface area contributed by atoms with Crippen LogP contribution in [0.15, 0.2) is 46.2 Å². The Morgan fingerprint density at radius 3 is 2.48 bits per heavy atom. The summed E-state index contributed by atoms with van der Waals surface area (Å²) in [4.78, 5) is 27.7. The third-order valence-corrected chi connectivity index (χ3v) is 4.80. The average molecular weight is 353 g/mol. The number of halogens is 1. The molecule has 4 nitrogen and oxygen atoms in total. The number of hydrogen-bond donors (Lipinski definition) is 0. The molecule has 1 aromatic heterocycles. The van der Waals surface area contributed by atoms with Crippen LogP contribution in [-0.4, -0.2) is 10.6 Å². The van der Waals surface area contributed by atoms with Gasteiger partial charge in [-0.15, -0.1) is 0 Å². The monoisotopic (exact) mass is 352 g/mol. The first-order chi connectivity index (χ1) is 12.0. The molecule has 3 aromatic rings. The molecule has 0 unspecified atom stereocenters. The van der Waals surface area contributed by atoms with Gasteiger partial charge in [0.25, 0.3) is 5.56 Å². The van der Waals surface area contributed by atoms with E-state index in [2.05, 4.69) is 4.99 Å². The van der Waals surface area contributed by atoms with Gasteiger partial charge in [-0.25, -0.2) is 4.79 Å². The molecule has 2 aromatic carbocycles. The van der Waals surface area contributed by atoms with Crippen LogP contribution in [0.1, 0.15) is 18.1 Å². The highest BCUT2D eigenvalue weighted by molar-refractivity contribution is 6.34. The highest BCUT2D eigenvalue weighted by atomic mass is 35.5. The molecule has 0 aliphatic carbocycles. The number of hydrogen-bond acceptors (Lipinski definition) is 3. The first-order valence-corrected chi connectivity index (χ1v) is 8.38. The minimum absolute atomic E-state index is 0.0701. The molecule has 0 amide bonds. The van der Waals surface area contributed by atoms with Crippen LogP contribution in [0.4, 0.5) is 5.69 Å². The standard InChI is InChI=1S/C20H17ClN2O2/c1-4-23-17-10-13(3)12(2)9-15(17)18(19(20(23)25)22-11-24)14-7-5-6-8-16(14)21/h5-10H,4H2,1-3H3. The minimum Gasteiger partial charge on any atom is -0.307 e. The van der Waals surface area contributed by atoms with E-state index in [4.69, 9.17) is 11.6 Å². The number of benzene rings is 2. The minimum atomic E-state index is -0.323. The maximum atomic E-state index is 13.0. The van der Waals surface area contributed by atoms with E-state index in [1.165, 1.54) is 6.08 Å². The van der Waals surface area contributed by atoms with Crippen molar-refractivity contribution in [2.45, 2.75) is 27.3 Å². The molecule has 0 aliphatic heterocycles. The van der Waals surface area contributed by atoms with Gasteiger partial charge in [0.05, 0.1) is 5.52 Å². The lowest BCUT2D eigenvalue weighted by atomic mass is 9.96. The molecule has 0 bridgehead atoms. The largest absolute Gasteiger partial charge is 0.307 e. The molecule has 0 fully saturated rings. The van der Waals surface area contributed by atoms with Crippen molar-refractivity contribution in [2.24, 2.45) is 4.99 Å². The van der Waals surface area contributed by atoms with Gasteiger partial charge in [-0.3, -0.25) is 4.79 Å². The van der Waals surface area contributed by atoms with Gasteiger partial charge in [0.2, 0.25) is 6.08 Å². The summed E-state index contributed by atoms with van der Waals surface area (Å²) in [6.07, 6.45) is 1.52. The normalized spacial score (nSPS) is 10.7. The number of aliphatic imine (C=N–C) groups is 1. The Hall–Kier alpha value is -2.68. The molecule has 0 radical (unpaired) electrons. The molecule has 25 heavy (non-hydrogen) atoms. The second-order valence-corrected chi connectivity index (χ2v) is 6.32. The topological polar surface area (TPSA) is 51.4 Å². The zero-order chi connectivity index (χ0) is 18.1. The fourth-order valence-electron chi connectivity index (χ4n) is 3.10. The van der Waals surface area contributed by atoms with Crippen molar-refractivity contribution < 1.29 is 4.79 Å². The van der Waals surface area contributed by atoms with Crippen LogP contribution in [0.3, 0.4) is 0 Å². The van der Waals surface area contributed by atoms with Crippen LogP contribution in [0, 0.1) is 13.8 Å². The molecular weight excluding hydrogens is 336 g/mol. The van der Waals surface area contributed by atoms with E-state index >= 15 is 0 Å². The van der Waals surface area contributed by atoms with E-state index in [1.54, 1.807) is 10.6 Å². The van der Waals surface area contributed by atoms with Crippen molar-refractivity contribution in [1.82, 2.24) is 4.57 Å². The van der Waals surface area contributed by atoms with Crippen LogP contribution >= 0.6 is 11.6 Å². The van der Waals surface area contributed by atoms with E-state index < -0.39 is 0 Å². The molecule has 0 aliphatic rings. The van der Waals surface area contributed by atoms with Crippen LogP contribution < -0.4 is 5.56 Å². The lowest BCUT2D eigenvalue weighted by Crippen LogP contribution is -2.20. The first-order valence-electron chi connectivity index (χ1n) is 8.00. The number of rotatable bonds is 3. The predicted octanol–water partition coefficient (Wildman–Crippen LogP) is 4.93. The Morgan fingerprint density at radius 1 is 1.16 bits per heavy atom. The Labute approximate surface area is 150 Å². The van der Waals surface area contributed by atoms with Gasteiger partial charge in [-0.05, 0) is 50.1 Å². The number of aryl methyl sites for hydroxylation is 3. The molecule has 0 saturated heterocycles. The first kappa shape index (κ1) is 17.2. The smallest absolute Gasteiger partial charge is 0.278 e. The quantitative estimate of drug-likeness (QED) is 0.496. The average Bonchev–Trinajstić information content (AvgIpc) is 2.59. The molecule has 0 spiro atoms. The van der Waals surface area contributed by atoms with Crippen molar-refractivity contribution in [3.8, 4) is 11.1 Å². The van der Waals surface area contributed by atoms with Gasteiger partial charge < -0.3 is 4.57 Å². The van der Waals surface area contributed by atoms with Crippen LogP contribution in [-0.2, 0) is 11.3 Å². The van der Waals surface area contributed by atoms with Gasteiger partial charge >= 0.3 is 0 Å². The lowest BCUT2D eigenvalue weighted by Gasteiger charge is -2.17. The summed E-state index contributed by atoms with van der Waals surface area (Å²) in [5.74, 6) is 0.